The SMILES string of the molecule is C[C@@H]1CN(c2cccc(F)c2CCl)C[C@H](C)O1. The fourth-order valence-corrected chi connectivity index (χ4v) is 2.61. The smallest absolute Gasteiger partial charge is 0.129 e. The fourth-order valence-electron chi connectivity index (χ4n) is 2.35. The zero-order chi connectivity index (χ0) is 12.4. The zero-order valence-corrected chi connectivity index (χ0v) is 10.9. The Morgan fingerprint density at radius 1 is 1.35 bits per heavy atom. The minimum absolute atomic E-state index is 0.158. The summed E-state index contributed by atoms with van der Waals surface area (Å²) in [6.07, 6.45) is 0.315. The Kier molecular flexibility index (Phi) is 3.89. The molecule has 0 aromatic heterocycles. The predicted molar refractivity (Wildman–Crippen MR) is 68.2 cm³/mol. The Balaban J connectivity index is 2.30. The van der Waals surface area contributed by atoms with E-state index >= 15 is 0 Å². The van der Waals surface area contributed by atoms with Crippen molar-refractivity contribution in [2.24, 2.45) is 0 Å². The molecule has 0 radical (unpaired) electrons. The van der Waals surface area contributed by atoms with Crippen LogP contribution in [0.15, 0.2) is 18.2 Å². The molecular weight excluding hydrogens is 241 g/mol. The van der Waals surface area contributed by atoms with Gasteiger partial charge >= 0.3 is 0 Å². The minimum atomic E-state index is -0.232. The van der Waals surface area contributed by atoms with E-state index in [9.17, 15) is 4.39 Å². The van der Waals surface area contributed by atoms with Crippen molar-refractivity contribution in [3.8, 4) is 0 Å². The second-order valence-electron chi connectivity index (χ2n) is 4.53. The van der Waals surface area contributed by atoms with Crippen molar-refractivity contribution in [2.75, 3.05) is 18.0 Å². The lowest BCUT2D eigenvalue weighted by Gasteiger charge is -2.37. The molecule has 0 saturated carbocycles. The first kappa shape index (κ1) is 12.7. The van der Waals surface area contributed by atoms with Crippen molar-refractivity contribution in [1.82, 2.24) is 0 Å². The molecule has 1 aromatic rings. The summed E-state index contributed by atoms with van der Waals surface area (Å²) >= 11 is 5.83. The number of anilines is 1. The molecule has 17 heavy (non-hydrogen) atoms. The number of alkyl halides is 1. The molecular formula is C13H17ClFNO. The fraction of sp³-hybridized carbons (Fsp3) is 0.538. The van der Waals surface area contributed by atoms with Gasteiger partial charge in [0.15, 0.2) is 0 Å². The van der Waals surface area contributed by atoms with Gasteiger partial charge in [-0.1, -0.05) is 6.07 Å². The van der Waals surface area contributed by atoms with Crippen LogP contribution in [-0.4, -0.2) is 25.3 Å². The van der Waals surface area contributed by atoms with Gasteiger partial charge in [-0.15, -0.1) is 11.6 Å². The number of benzene rings is 1. The van der Waals surface area contributed by atoms with Crippen LogP contribution in [0.3, 0.4) is 0 Å². The maximum Gasteiger partial charge on any atom is 0.129 e. The molecule has 0 unspecified atom stereocenters. The molecule has 4 heteroatoms. The molecule has 2 nitrogen and oxygen atoms in total. The minimum Gasteiger partial charge on any atom is -0.372 e. The number of hydrogen-bond donors (Lipinski definition) is 0. The first-order valence-corrected chi connectivity index (χ1v) is 6.39. The van der Waals surface area contributed by atoms with E-state index in [1.54, 1.807) is 6.07 Å². The van der Waals surface area contributed by atoms with Crippen LogP contribution in [-0.2, 0) is 10.6 Å². The highest BCUT2D eigenvalue weighted by Gasteiger charge is 2.24. The van der Waals surface area contributed by atoms with Crippen molar-refractivity contribution in [1.29, 1.82) is 0 Å². The van der Waals surface area contributed by atoms with Gasteiger partial charge in [0.1, 0.15) is 5.82 Å². The third kappa shape index (κ3) is 2.72. The van der Waals surface area contributed by atoms with Crippen LogP contribution in [0.1, 0.15) is 19.4 Å². The van der Waals surface area contributed by atoms with Crippen molar-refractivity contribution < 1.29 is 9.13 Å². The molecule has 0 spiro atoms. The highest BCUT2D eigenvalue weighted by atomic mass is 35.5. The standard InChI is InChI=1S/C13H17ClFNO/c1-9-7-16(8-10(2)17-9)13-5-3-4-12(15)11(13)6-14/h3-5,9-10H,6-8H2,1-2H3/t9-,10+. The van der Waals surface area contributed by atoms with Gasteiger partial charge in [-0.25, -0.2) is 4.39 Å². The van der Waals surface area contributed by atoms with Gasteiger partial charge < -0.3 is 9.64 Å². The molecule has 2 atom stereocenters. The molecule has 1 aromatic carbocycles. The van der Waals surface area contributed by atoms with E-state index in [0.29, 0.717) is 5.56 Å². The number of rotatable bonds is 2. The van der Waals surface area contributed by atoms with Crippen molar-refractivity contribution in [3.63, 3.8) is 0 Å². The first-order valence-electron chi connectivity index (χ1n) is 5.85. The summed E-state index contributed by atoms with van der Waals surface area (Å²) in [6, 6.07) is 5.10. The Morgan fingerprint density at radius 3 is 2.59 bits per heavy atom. The van der Waals surface area contributed by atoms with E-state index in [2.05, 4.69) is 4.90 Å². The van der Waals surface area contributed by atoms with E-state index in [-0.39, 0.29) is 23.9 Å². The quantitative estimate of drug-likeness (QED) is 0.755. The zero-order valence-electron chi connectivity index (χ0n) is 10.1. The highest BCUT2D eigenvalue weighted by molar-refractivity contribution is 6.17. The summed E-state index contributed by atoms with van der Waals surface area (Å²) in [5.41, 5.74) is 1.47. The van der Waals surface area contributed by atoms with Gasteiger partial charge in [0, 0.05) is 24.3 Å². The molecule has 1 heterocycles. The number of nitrogens with zero attached hydrogens (tertiary/aromatic N) is 1. The van der Waals surface area contributed by atoms with Crippen LogP contribution in [0.4, 0.5) is 10.1 Å². The van der Waals surface area contributed by atoms with Gasteiger partial charge in [-0.3, -0.25) is 0 Å². The van der Waals surface area contributed by atoms with E-state index in [1.165, 1.54) is 6.07 Å². The molecule has 0 bridgehead atoms. The van der Waals surface area contributed by atoms with Crippen LogP contribution in [0.5, 0.6) is 0 Å². The van der Waals surface area contributed by atoms with Gasteiger partial charge in [0.25, 0.3) is 0 Å². The maximum atomic E-state index is 13.7. The van der Waals surface area contributed by atoms with E-state index in [4.69, 9.17) is 16.3 Å². The summed E-state index contributed by atoms with van der Waals surface area (Å²) in [5.74, 6) is -0.0356. The molecule has 1 fully saturated rings. The Bertz CT molecular complexity index is 389. The molecule has 1 aliphatic rings. The highest BCUT2D eigenvalue weighted by Crippen LogP contribution is 2.27. The summed E-state index contributed by atoms with van der Waals surface area (Å²) in [6.45, 7) is 5.61. The van der Waals surface area contributed by atoms with Crippen LogP contribution < -0.4 is 4.90 Å². The second kappa shape index (κ2) is 5.23. The van der Waals surface area contributed by atoms with Crippen molar-refractivity contribution in [2.45, 2.75) is 31.9 Å². The molecule has 0 amide bonds. The lowest BCUT2D eigenvalue weighted by atomic mass is 10.1. The number of ether oxygens (including phenoxy) is 1. The number of hydrogen-bond acceptors (Lipinski definition) is 2. The maximum absolute atomic E-state index is 13.7. The summed E-state index contributed by atoms with van der Waals surface area (Å²) in [4.78, 5) is 2.15. The summed E-state index contributed by atoms with van der Waals surface area (Å²) in [5, 5.41) is 0. The molecule has 0 aliphatic carbocycles. The van der Waals surface area contributed by atoms with Crippen LogP contribution in [0.2, 0.25) is 0 Å². The normalized spacial score (nSPS) is 25.1. The van der Waals surface area contributed by atoms with Gasteiger partial charge in [-0.05, 0) is 26.0 Å². The van der Waals surface area contributed by atoms with Gasteiger partial charge in [0.2, 0.25) is 0 Å². The monoisotopic (exact) mass is 257 g/mol. The lowest BCUT2D eigenvalue weighted by molar-refractivity contribution is -0.00527. The average molecular weight is 258 g/mol. The molecule has 94 valence electrons. The topological polar surface area (TPSA) is 12.5 Å². The second-order valence-corrected chi connectivity index (χ2v) is 4.80. The third-order valence-corrected chi connectivity index (χ3v) is 3.26. The Morgan fingerprint density at radius 2 is 2.00 bits per heavy atom. The lowest BCUT2D eigenvalue weighted by Crippen LogP contribution is -2.45. The number of halogens is 2. The van der Waals surface area contributed by atoms with Crippen LogP contribution in [0.25, 0.3) is 0 Å². The molecule has 1 saturated heterocycles. The Hall–Kier alpha value is -0.800. The first-order chi connectivity index (χ1) is 8.11. The summed E-state index contributed by atoms with van der Waals surface area (Å²) in [7, 11) is 0. The van der Waals surface area contributed by atoms with Crippen molar-refractivity contribution in [3.05, 3.63) is 29.6 Å². The largest absolute Gasteiger partial charge is 0.372 e. The van der Waals surface area contributed by atoms with Crippen LogP contribution in [0, 0.1) is 5.82 Å². The van der Waals surface area contributed by atoms with Crippen molar-refractivity contribution >= 4 is 17.3 Å². The predicted octanol–water partition coefficient (Wildman–Crippen LogP) is 3.18. The van der Waals surface area contributed by atoms with Gasteiger partial charge in [-0.2, -0.15) is 0 Å². The Labute approximate surface area is 106 Å². The average Bonchev–Trinajstić information content (AvgIpc) is 2.27. The molecule has 2 rings (SSSR count). The van der Waals surface area contributed by atoms with E-state index < -0.39 is 0 Å². The van der Waals surface area contributed by atoms with E-state index in [1.807, 2.05) is 19.9 Å². The van der Waals surface area contributed by atoms with E-state index in [0.717, 1.165) is 18.8 Å². The summed E-state index contributed by atoms with van der Waals surface area (Å²) < 4.78 is 19.3. The van der Waals surface area contributed by atoms with Crippen LogP contribution >= 0.6 is 11.6 Å². The molecule has 0 N–H and O–H groups in total. The number of morpholine rings is 1. The molecule has 1 aliphatic heterocycles. The third-order valence-electron chi connectivity index (χ3n) is 2.99. The van der Waals surface area contributed by atoms with Gasteiger partial charge in [0.05, 0.1) is 18.1 Å².